The van der Waals surface area contributed by atoms with E-state index in [1.165, 1.54) is 12.1 Å². The molecule has 0 aromatic heterocycles. The van der Waals surface area contributed by atoms with E-state index in [9.17, 15) is 15.2 Å². The number of hydrogen-bond acceptors (Lipinski definition) is 4. The predicted octanol–water partition coefficient (Wildman–Crippen LogP) is 1.95. The summed E-state index contributed by atoms with van der Waals surface area (Å²) in [6, 6.07) is 6.68. The third-order valence-electron chi connectivity index (χ3n) is 3.23. The maximum absolute atomic E-state index is 10.6. The topological polar surface area (TPSA) is 66.6 Å². The van der Waals surface area contributed by atoms with Crippen molar-refractivity contribution < 1.29 is 10.0 Å². The quantitative estimate of drug-likeness (QED) is 0.643. The molecule has 1 heterocycles. The van der Waals surface area contributed by atoms with Crippen LogP contribution in [0.1, 0.15) is 19.3 Å². The Bertz CT molecular complexity index is 391. The molecule has 1 aromatic rings. The van der Waals surface area contributed by atoms with Gasteiger partial charge in [0.2, 0.25) is 0 Å². The lowest BCUT2D eigenvalue weighted by molar-refractivity contribution is -0.384. The molecule has 1 aromatic carbocycles. The van der Waals surface area contributed by atoms with E-state index in [2.05, 4.69) is 4.90 Å². The Hall–Kier alpha value is -1.62. The maximum atomic E-state index is 10.6. The van der Waals surface area contributed by atoms with Crippen molar-refractivity contribution in [1.82, 2.24) is 0 Å². The second kappa shape index (κ2) is 5.14. The van der Waals surface area contributed by atoms with E-state index in [0.717, 1.165) is 31.5 Å². The lowest BCUT2D eigenvalue weighted by atomic mass is 10.0. The predicted molar refractivity (Wildman–Crippen MR) is 65.2 cm³/mol. The van der Waals surface area contributed by atoms with Gasteiger partial charge in [-0.2, -0.15) is 0 Å². The molecule has 5 nitrogen and oxygen atoms in total. The van der Waals surface area contributed by atoms with Crippen LogP contribution in [0.15, 0.2) is 24.3 Å². The van der Waals surface area contributed by atoms with Crippen LogP contribution in [0.3, 0.4) is 0 Å². The van der Waals surface area contributed by atoms with Gasteiger partial charge in [0.05, 0.1) is 17.6 Å². The third-order valence-corrected chi connectivity index (χ3v) is 3.23. The molecule has 92 valence electrons. The largest absolute Gasteiger partial charge is 0.394 e. The van der Waals surface area contributed by atoms with Crippen LogP contribution in [0, 0.1) is 10.1 Å². The SMILES string of the molecule is O=[N+]([O-])c1ccc(N2CCCC[C@H]2CO)cc1. The Morgan fingerprint density at radius 2 is 2.06 bits per heavy atom. The van der Waals surface area contributed by atoms with Crippen LogP contribution in [0.4, 0.5) is 11.4 Å². The van der Waals surface area contributed by atoms with Crippen molar-refractivity contribution in [3.63, 3.8) is 0 Å². The van der Waals surface area contributed by atoms with Gasteiger partial charge in [0.15, 0.2) is 0 Å². The zero-order valence-electron chi connectivity index (χ0n) is 9.58. The van der Waals surface area contributed by atoms with Crippen LogP contribution < -0.4 is 4.90 Å². The summed E-state index contributed by atoms with van der Waals surface area (Å²) in [6.45, 7) is 1.04. The number of hydrogen-bond donors (Lipinski definition) is 1. The molecule has 0 saturated carbocycles. The molecule has 17 heavy (non-hydrogen) atoms. The molecule has 0 aliphatic carbocycles. The molecule has 0 bridgehead atoms. The summed E-state index contributed by atoms with van der Waals surface area (Å²) in [5.41, 5.74) is 1.06. The standard InChI is InChI=1S/C12H16N2O3/c15-9-12-3-1-2-8-13(12)10-4-6-11(7-5-10)14(16)17/h4-7,12,15H,1-3,8-9H2/t12-/m0/s1. The number of aliphatic hydroxyl groups is 1. The van der Waals surface area contributed by atoms with E-state index in [-0.39, 0.29) is 18.3 Å². The summed E-state index contributed by atoms with van der Waals surface area (Å²) in [5, 5.41) is 19.9. The van der Waals surface area contributed by atoms with Gasteiger partial charge < -0.3 is 10.0 Å². The highest BCUT2D eigenvalue weighted by molar-refractivity contribution is 5.52. The summed E-state index contributed by atoms with van der Waals surface area (Å²) in [5.74, 6) is 0. The molecule has 5 heteroatoms. The highest BCUT2D eigenvalue weighted by atomic mass is 16.6. The summed E-state index contributed by atoms with van der Waals surface area (Å²) in [7, 11) is 0. The van der Waals surface area contributed by atoms with Gasteiger partial charge in [0.25, 0.3) is 5.69 Å². The molecule has 0 spiro atoms. The van der Waals surface area contributed by atoms with Crippen molar-refractivity contribution in [3.05, 3.63) is 34.4 Å². The van der Waals surface area contributed by atoms with E-state index in [4.69, 9.17) is 0 Å². The van der Waals surface area contributed by atoms with Gasteiger partial charge in [-0.25, -0.2) is 0 Å². The highest BCUT2D eigenvalue weighted by Crippen LogP contribution is 2.26. The van der Waals surface area contributed by atoms with Crippen molar-refractivity contribution in [2.75, 3.05) is 18.1 Å². The number of nitro groups is 1. The Balaban J connectivity index is 2.17. The minimum absolute atomic E-state index is 0.103. The molecule has 0 radical (unpaired) electrons. The van der Waals surface area contributed by atoms with Crippen LogP contribution in [-0.2, 0) is 0 Å². The zero-order chi connectivity index (χ0) is 12.3. The number of nitrogens with zero attached hydrogens (tertiary/aromatic N) is 2. The van der Waals surface area contributed by atoms with Crippen molar-refractivity contribution in [1.29, 1.82) is 0 Å². The first kappa shape index (κ1) is 11.9. The van der Waals surface area contributed by atoms with Gasteiger partial charge in [-0.1, -0.05) is 0 Å². The van der Waals surface area contributed by atoms with E-state index < -0.39 is 4.92 Å². The molecule has 0 amide bonds. The number of non-ortho nitro benzene ring substituents is 1. The fraction of sp³-hybridized carbons (Fsp3) is 0.500. The van der Waals surface area contributed by atoms with Gasteiger partial charge in [-0.05, 0) is 31.4 Å². The second-order valence-corrected chi connectivity index (χ2v) is 4.30. The first-order valence-corrected chi connectivity index (χ1v) is 5.84. The summed E-state index contributed by atoms with van der Waals surface area (Å²) in [4.78, 5) is 12.3. The summed E-state index contributed by atoms with van der Waals surface area (Å²) >= 11 is 0. The van der Waals surface area contributed by atoms with Crippen LogP contribution in [-0.4, -0.2) is 29.2 Å². The number of piperidine rings is 1. The number of anilines is 1. The molecule has 1 N–H and O–H groups in total. The number of aliphatic hydroxyl groups excluding tert-OH is 1. The molecular formula is C12H16N2O3. The second-order valence-electron chi connectivity index (χ2n) is 4.30. The first-order valence-electron chi connectivity index (χ1n) is 5.84. The van der Waals surface area contributed by atoms with E-state index in [1.54, 1.807) is 12.1 Å². The minimum Gasteiger partial charge on any atom is -0.394 e. The Morgan fingerprint density at radius 1 is 1.35 bits per heavy atom. The molecule has 2 rings (SSSR count). The monoisotopic (exact) mass is 236 g/mol. The molecule has 1 fully saturated rings. The van der Waals surface area contributed by atoms with Gasteiger partial charge in [-0.15, -0.1) is 0 Å². The van der Waals surface area contributed by atoms with E-state index in [0.29, 0.717) is 0 Å². The van der Waals surface area contributed by atoms with Gasteiger partial charge in [-0.3, -0.25) is 10.1 Å². The lowest BCUT2D eigenvalue weighted by Gasteiger charge is -2.36. The molecule has 0 unspecified atom stereocenters. The van der Waals surface area contributed by atoms with Crippen LogP contribution in [0.2, 0.25) is 0 Å². The summed E-state index contributed by atoms with van der Waals surface area (Å²) in [6.07, 6.45) is 3.22. The smallest absolute Gasteiger partial charge is 0.269 e. The Kier molecular flexibility index (Phi) is 3.58. The van der Waals surface area contributed by atoms with Crippen molar-refractivity contribution in [2.24, 2.45) is 0 Å². The van der Waals surface area contributed by atoms with E-state index >= 15 is 0 Å². The van der Waals surface area contributed by atoms with Crippen molar-refractivity contribution in [2.45, 2.75) is 25.3 Å². The van der Waals surface area contributed by atoms with Crippen LogP contribution in [0.25, 0.3) is 0 Å². The lowest BCUT2D eigenvalue weighted by Crippen LogP contribution is -2.41. The third kappa shape index (κ3) is 2.55. The number of benzene rings is 1. The molecule has 1 saturated heterocycles. The average Bonchev–Trinajstić information content (AvgIpc) is 2.39. The van der Waals surface area contributed by atoms with Gasteiger partial charge >= 0.3 is 0 Å². The zero-order valence-corrected chi connectivity index (χ0v) is 9.58. The number of rotatable bonds is 3. The molecular weight excluding hydrogens is 220 g/mol. The van der Waals surface area contributed by atoms with Gasteiger partial charge in [0, 0.05) is 24.4 Å². The Labute approximate surface area is 99.8 Å². The normalized spacial score (nSPS) is 20.3. The maximum Gasteiger partial charge on any atom is 0.269 e. The van der Waals surface area contributed by atoms with Crippen molar-refractivity contribution >= 4 is 11.4 Å². The van der Waals surface area contributed by atoms with Gasteiger partial charge in [0.1, 0.15) is 0 Å². The summed E-state index contributed by atoms with van der Waals surface area (Å²) < 4.78 is 0. The molecule has 1 aliphatic rings. The first-order chi connectivity index (χ1) is 8.22. The number of nitro benzene ring substituents is 1. The van der Waals surface area contributed by atoms with Crippen LogP contribution in [0.5, 0.6) is 0 Å². The molecule has 1 atom stereocenters. The fourth-order valence-electron chi connectivity index (χ4n) is 2.30. The highest BCUT2D eigenvalue weighted by Gasteiger charge is 2.22. The Morgan fingerprint density at radius 3 is 2.65 bits per heavy atom. The van der Waals surface area contributed by atoms with E-state index in [1.807, 2.05) is 0 Å². The van der Waals surface area contributed by atoms with Crippen LogP contribution >= 0.6 is 0 Å². The molecule has 1 aliphatic heterocycles. The fourth-order valence-corrected chi connectivity index (χ4v) is 2.30. The van der Waals surface area contributed by atoms with Crippen molar-refractivity contribution in [3.8, 4) is 0 Å². The average molecular weight is 236 g/mol. The minimum atomic E-state index is -0.399.